The van der Waals surface area contributed by atoms with Crippen molar-refractivity contribution in [3.05, 3.63) is 0 Å². The molecular weight excluding hydrogens is 248 g/mol. The minimum absolute atomic E-state index is 0.342. The third-order valence-electron chi connectivity index (χ3n) is 5.72. The molecule has 3 heteroatoms. The number of urea groups is 1. The smallest absolute Gasteiger partial charge is 0.320 e. The van der Waals surface area contributed by atoms with Crippen molar-refractivity contribution in [2.24, 2.45) is 5.41 Å². The number of likely N-dealkylation sites (tertiary alicyclic amines) is 2. The Morgan fingerprint density at radius 1 is 0.650 bits per heavy atom. The van der Waals surface area contributed by atoms with Crippen molar-refractivity contribution in [2.45, 2.75) is 70.6 Å². The van der Waals surface area contributed by atoms with E-state index >= 15 is 0 Å². The lowest BCUT2D eigenvalue weighted by Crippen LogP contribution is -2.48. The van der Waals surface area contributed by atoms with Crippen molar-refractivity contribution in [3.63, 3.8) is 0 Å². The Kier molecular flexibility index (Phi) is 4.52. The Labute approximate surface area is 123 Å². The van der Waals surface area contributed by atoms with E-state index in [-0.39, 0.29) is 0 Å². The molecule has 1 aliphatic carbocycles. The van der Waals surface area contributed by atoms with Crippen LogP contribution in [0.2, 0.25) is 0 Å². The van der Waals surface area contributed by atoms with Gasteiger partial charge in [0.25, 0.3) is 0 Å². The van der Waals surface area contributed by atoms with Gasteiger partial charge in [0.1, 0.15) is 0 Å². The van der Waals surface area contributed by atoms with E-state index in [4.69, 9.17) is 0 Å². The average Bonchev–Trinajstić information content (AvgIpc) is 2.98. The summed E-state index contributed by atoms with van der Waals surface area (Å²) in [5.74, 6) is 0. The fourth-order valence-corrected chi connectivity index (χ4v) is 4.52. The third-order valence-corrected chi connectivity index (χ3v) is 5.72. The minimum Gasteiger partial charge on any atom is -0.325 e. The van der Waals surface area contributed by atoms with E-state index in [2.05, 4.69) is 9.80 Å². The van der Waals surface area contributed by atoms with E-state index in [1.807, 2.05) is 0 Å². The van der Waals surface area contributed by atoms with Gasteiger partial charge in [0, 0.05) is 26.2 Å². The summed E-state index contributed by atoms with van der Waals surface area (Å²) in [6.07, 6.45) is 14.5. The largest absolute Gasteiger partial charge is 0.325 e. The van der Waals surface area contributed by atoms with Crippen LogP contribution in [0.5, 0.6) is 0 Å². The molecule has 0 N–H and O–H groups in total. The van der Waals surface area contributed by atoms with Gasteiger partial charge < -0.3 is 9.80 Å². The second kappa shape index (κ2) is 6.36. The molecule has 3 rings (SSSR count). The SMILES string of the molecule is O=C(N1CCCC1)N1CCCCCC2(CCCCC2)C1. The Balaban J connectivity index is 1.69. The van der Waals surface area contributed by atoms with Gasteiger partial charge in [-0.25, -0.2) is 4.79 Å². The Bertz CT molecular complexity index is 330. The second-order valence-electron chi connectivity index (χ2n) is 7.27. The van der Waals surface area contributed by atoms with E-state index in [9.17, 15) is 4.79 Å². The van der Waals surface area contributed by atoms with Crippen LogP contribution in [0.4, 0.5) is 4.79 Å². The summed E-state index contributed by atoms with van der Waals surface area (Å²) in [7, 11) is 0. The standard InChI is InChI=1S/C17H30N2O/c20-16(18-12-7-8-13-18)19-14-6-2-5-11-17(15-19)9-3-1-4-10-17/h1-15H2. The number of carbonyl (C=O) groups is 1. The first kappa shape index (κ1) is 14.2. The molecule has 2 amide bonds. The zero-order valence-corrected chi connectivity index (χ0v) is 12.9. The summed E-state index contributed by atoms with van der Waals surface area (Å²) in [5, 5.41) is 0. The molecule has 2 heterocycles. The van der Waals surface area contributed by atoms with Crippen LogP contribution in [-0.2, 0) is 0 Å². The number of carbonyl (C=O) groups excluding carboxylic acids is 1. The summed E-state index contributed by atoms with van der Waals surface area (Å²) >= 11 is 0. The summed E-state index contributed by atoms with van der Waals surface area (Å²) in [5.41, 5.74) is 0.466. The highest BCUT2D eigenvalue weighted by atomic mass is 16.2. The molecule has 3 aliphatic rings. The van der Waals surface area contributed by atoms with Crippen LogP contribution in [0.1, 0.15) is 70.6 Å². The van der Waals surface area contributed by atoms with E-state index in [1.165, 1.54) is 70.6 Å². The van der Waals surface area contributed by atoms with E-state index in [1.54, 1.807) is 0 Å². The predicted molar refractivity (Wildman–Crippen MR) is 81.8 cm³/mol. The monoisotopic (exact) mass is 278 g/mol. The van der Waals surface area contributed by atoms with Gasteiger partial charge in [0.2, 0.25) is 0 Å². The van der Waals surface area contributed by atoms with Gasteiger partial charge in [-0.05, 0) is 43.9 Å². The fourth-order valence-electron chi connectivity index (χ4n) is 4.52. The Hall–Kier alpha value is -0.730. The van der Waals surface area contributed by atoms with Crippen LogP contribution < -0.4 is 0 Å². The number of hydrogen-bond donors (Lipinski definition) is 0. The lowest BCUT2D eigenvalue weighted by Gasteiger charge is -2.43. The maximum atomic E-state index is 12.7. The Morgan fingerprint density at radius 3 is 1.80 bits per heavy atom. The van der Waals surface area contributed by atoms with Crippen molar-refractivity contribution in [1.29, 1.82) is 0 Å². The first-order valence-corrected chi connectivity index (χ1v) is 8.83. The van der Waals surface area contributed by atoms with Crippen LogP contribution in [-0.4, -0.2) is 42.0 Å². The highest BCUT2D eigenvalue weighted by molar-refractivity contribution is 5.74. The predicted octanol–water partition coefficient (Wildman–Crippen LogP) is 4.03. The number of nitrogens with zero attached hydrogens (tertiary/aromatic N) is 2. The van der Waals surface area contributed by atoms with Crippen molar-refractivity contribution in [3.8, 4) is 0 Å². The highest BCUT2D eigenvalue weighted by Gasteiger charge is 2.36. The second-order valence-corrected chi connectivity index (χ2v) is 7.27. The minimum atomic E-state index is 0.342. The lowest BCUT2D eigenvalue weighted by molar-refractivity contribution is 0.0807. The maximum Gasteiger partial charge on any atom is 0.320 e. The van der Waals surface area contributed by atoms with Crippen molar-refractivity contribution in [2.75, 3.05) is 26.2 Å². The summed E-state index contributed by atoms with van der Waals surface area (Å²) in [4.78, 5) is 17.1. The van der Waals surface area contributed by atoms with Crippen LogP contribution in [0.25, 0.3) is 0 Å². The molecule has 20 heavy (non-hydrogen) atoms. The van der Waals surface area contributed by atoms with Gasteiger partial charge >= 0.3 is 6.03 Å². The third kappa shape index (κ3) is 3.12. The molecule has 0 unspecified atom stereocenters. The molecule has 0 aromatic rings. The normalized spacial score (nSPS) is 27.4. The lowest BCUT2D eigenvalue weighted by atomic mass is 9.70. The van der Waals surface area contributed by atoms with E-state index in [0.717, 1.165) is 26.2 Å². The first-order valence-electron chi connectivity index (χ1n) is 8.83. The molecule has 0 bridgehead atoms. The molecule has 1 spiro atoms. The van der Waals surface area contributed by atoms with Crippen molar-refractivity contribution < 1.29 is 4.79 Å². The molecule has 0 aromatic carbocycles. The highest BCUT2D eigenvalue weighted by Crippen LogP contribution is 2.42. The quantitative estimate of drug-likeness (QED) is 0.656. The van der Waals surface area contributed by atoms with Crippen molar-refractivity contribution in [1.82, 2.24) is 9.80 Å². The molecule has 0 radical (unpaired) electrons. The van der Waals surface area contributed by atoms with Gasteiger partial charge in [-0.1, -0.05) is 32.1 Å². The van der Waals surface area contributed by atoms with Gasteiger partial charge in [0.05, 0.1) is 0 Å². The van der Waals surface area contributed by atoms with Crippen molar-refractivity contribution >= 4 is 6.03 Å². The number of hydrogen-bond acceptors (Lipinski definition) is 1. The van der Waals surface area contributed by atoms with Gasteiger partial charge in [-0.3, -0.25) is 0 Å². The topological polar surface area (TPSA) is 23.6 Å². The zero-order chi connectivity index (χ0) is 13.8. The zero-order valence-electron chi connectivity index (χ0n) is 12.9. The van der Waals surface area contributed by atoms with Crippen LogP contribution in [0.3, 0.4) is 0 Å². The van der Waals surface area contributed by atoms with Crippen LogP contribution in [0.15, 0.2) is 0 Å². The number of amides is 2. The molecule has 1 saturated carbocycles. The maximum absolute atomic E-state index is 12.7. The number of rotatable bonds is 0. The summed E-state index contributed by atoms with van der Waals surface area (Å²) in [6.45, 7) is 4.02. The molecule has 2 saturated heterocycles. The molecule has 2 aliphatic heterocycles. The molecule has 3 fully saturated rings. The fraction of sp³-hybridized carbons (Fsp3) is 0.941. The summed E-state index contributed by atoms with van der Waals surface area (Å²) < 4.78 is 0. The van der Waals surface area contributed by atoms with Gasteiger partial charge in [-0.2, -0.15) is 0 Å². The van der Waals surface area contributed by atoms with E-state index < -0.39 is 0 Å². The Morgan fingerprint density at radius 2 is 1.15 bits per heavy atom. The molecule has 0 atom stereocenters. The van der Waals surface area contributed by atoms with Crippen LogP contribution >= 0.6 is 0 Å². The van der Waals surface area contributed by atoms with Crippen LogP contribution in [0, 0.1) is 5.41 Å². The molecule has 3 nitrogen and oxygen atoms in total. The summed E-state index contributed by atoms with van der Waals surface area (Å²) in [6, 6.07) is 0.342. The van der Waals surface area contributed by atoms with E-state index in [0.29, 0.717) is 11.4 Å². The first-order chi connectivity index (χ1) is 9.79. The van der Waals surface area contributed by atoms with Gasteiger partial charge in [-0.15, -0.1) is 0 Å². The molecular formula is C17H30N2O. The van der Waals surface area contributed by atoms with Gasteiger partial charge in [0.15, 0.2) is 0 Å². The average molecular weight is 278 g/mol. The molecule has 0 aromatic heterocycles. The molecule has 114 valence electrons.